The summed E-state index contributed by atoms with van der Waals surface area (Å²) in [4.78, 5) is 22.5. The predicted molar refractivity (Wildman–Crippen MR) is 96.0 cm³/mol. The normalized spacial score (nSPS) is 11.9. The number of hydrogen-bond donors (Lipinski definition) is 3. The minimum Gasteiger partial charge on any atom is -0.480 e. The molecule has 0 heterocycles. The van der Waals surface area contributed by atoms with E-state index in [1.807, 2.05) is 0 Å². The largest absolute Gasteiger partial charge is 0.480 e. The number of alkyl carbamates (subject to hydrolysis) is 1. The number of rotatable bonds is 16. The van der Waals surface area contributed by atoms with Crippen LogP contribution in [0, 0.1) is 0 Å². The van der Waals surface area contributed by atoms with Gasteiger partial charge in [-0.1, -0.05) is 64.7 Å². The Hall–Kier alpha value is -1.30. The van der Waals surface area contributed by atoms with Gasteiger partial charge in [0.25, 0.3) is 0 Å². The molecule has 1 atom stereocenters. The van der Waals surface area contributed by atoms with E-state index >= 15 is 0 Å². The molecule has 0 unspecified atom stereocenters. The first-order valence-corrected chi connectivity index (χ1v) is 9.48. The van der Waals surface area contributed by atoms with Crippen LogP contribution in [0.2, 0.25) is 0 Å². The van der Waals surface area contributed by atoms with Crippen LogP contribution >= 0.6 is 0 Å². The van der Waals surface area contributed by atoms with Crippen LogP contribution in [0.3, 0.4) is 0 Å². The van der Waals surface area contributed by atoms with Crippen molar-refractivity contribution in [2.24, 2.45) is 5.73 Å². The summed E-state index contributed by atoms with van der Waals surface area (Å²) in [5.41, 5.74) is 5.35. The number of carbonyl (C=O) groups is 2. The molecule has 0 aliphatic rings. The summed E-state index contributed by atoms with van der Waals surface area (Å²) in [5, 5.41) is 11.4. The van der Waals surface area contributed by atoms with E-state index in [1.54, 1.807) is 0 Å². The third kappa shape index (κ3) is 14.3. The molecule has 4 N–H and O–H groups in total. The first-order chi connectivity index (χ1) is 11.6. The number of carbonyl (C=O) groups excluding carboxylic acids is 1. The second kappa shape index (κ2) is 16.6. The highest BCUT2D eigenvalue weighted by Gasteiger charge is 2.19. The molecule has 0 aromatic rings. The summed E-state index contributed by atoms with van der Waals surface area (Å²) >= 11 is 0. The van der Waals surface area contributed by atoms with Gasteiger partial charge in [-0.15, -0.1) is 0 Å². The minimum atomic E-state index is -1.06. The molecule has 0 aromatic carbocycles. The first-order valence-electron chi connectivity index (χ1n) is 9.48. The molecule has 0 bridgehead atoms. The van der Waals surface area contributed by atoms with E-state index in [2.05, 4.69) is 12.2 Å². The van der Waals surface area contributed by atoms with Crippen LogP contribution in [-0.4, -0.2) is 36.4 Å². The van der Waals surface area contributed by atoms with Gasteiger partial charge in [-0.05, 0) is 25.8 Å². The van der Waals surface area contributed by atoms with E-state index in [-0.39, 0.29) is 0 Å². The zero-order chi connectivity index (χ0) is 18.0. The number of ether oxygens (including phenoxy) is 1. The lowest BCUT2D eigenvalue weighted by molar-refractivity contribution is -0.139. The SMILES string of the molecule is CCCCCCCCCCCCOC(=O)N[C@@H](CCCN)C(=O)O. The van der Waals surface area contributed by atoms with E-state index in [9.17, 15) is 9.59 Å². The molecule has 6 heteroatoms. The Bertz CT molecular complexity index is 324. The Morgan fingerprint density at radius 2 is 1.50 bits per heavy atom. The summed E-state index contributed by atoms with van der Waals surface area (Å²) in [7, 11) is 0. The highest BCUT2D eigenvalue weighted by Crippen LogP contribution is 2.10. The summed E-state index contributed by atoms with van der Waals surface area (Å²) in [6.07, 6.45) is 12.4. The van der Waals surface area contributed by atoms with Crippen molar-refractivity contribution in [3.8, 4) is 0 Å². The Balaban J connectivity index is 3.49. The van der Waals surface area contributed by atoms with Gasteiger partial charge in [-0.3, -0.25) is 0 Å². The van der Waals surface area contributed by atoms with Gasteiger partial charge < -0.3 is 20.9 Å². The van der Waals surface area contributed by atoms with Crippen molar-refractivity contribution in [3.05, 3.63) is 0 Å². The first kappa shape index (κ1) is 22.7. The molecule has 0 spiro atoms. The summed E-state index contributed by atoms with van der Waals surface area (Å²) < 4.78 is 5.03. The third-order valence-corrected chi connectivity index (χ3v) is 4.02. The quantitative estimate of drug-likeness (QED) is 0.369. The molecule has 0 rings (SSSR count). The zero-order valence-electron chi connectivity index (χ0n) is 15.2. The lowest BCUT2D eigenvalue weighted by Crippen LogP contribution is -2.41. The molecular formula is C18H36N2O4. The van der Waals surface area contributed by atoms with Crippen LogP contribution in [0.5, 0.6) is 0 Å². The van der Waals surface area contributed by atoms with Crippen LogP contribution < -0.4 is 11.1 Å². The maximum Gasteiger partial charge on any atom is 0.407 e. The molecule has 1 amide bonds. The minimum absolute atomic E-state index is 0.319. The number of unbranched alkanes of at least 4 members (excludes halogenated alkanes) is 9. The van der Waals surface area contributed by atoms with Crippen LogP contribution in [-0.2, 0) is 9.53 Å². The van der Waals surface area contributed by atoms with Crippen molar-refractivity contribution < 1.29 is 19.4 Å². The van der Waals surface area contributed by atoms with Crippen LogP contribution in [0.4, 0.5) is 4.79 Å². The van der Waals surface area contributed by atoms with Gasteiger partial charge in [0.15, 0.2) is 0 Å². The molecule has 0 aliphatic carbocycles. The van der Waals surface area contributed by atoms with Crippen molar-refractivity contribution in [1.29, 1.82) is 0 Å². The van der Waals surface area contributed by atoms with Gasteiger partial charge in [-0.2, -0.15) is 0 Å². The van der Waals surface area contributed by atoms with Gasteiger partial charge in [-0.25, -0.2) is 9.59 Å². The zero-order valence-corrected chi connectivity index (χ0v) is 15.2. The van der Waals surface area contributed by atoms with E-state index in [0.717, 1.165) is 19.3 Å². The molecule has 0 aliphatic heterocycles. The molecule has 0 radical (unpaired) electrons. The second-order valence-electron chi connectivity index (χ2n) is 6.28. The lowest BCUT2D eigenvalue weighted by Gasteiger charge is -2.14. The average molecular weight is 344 g/mol. The van der Waals surface area contributed by atoms with Crippen molar-refractivity contribution >= 4 is 12.1 Å². The standard InChI is InChI=1S/C18H36N2O4/c1-2-3-4-5-6-7-8-9-10-11-15-24-18(23)20-16(17(21)22)13-12-14-19/h16H,2-15,19H2,1H3,(H,20,23)(H,21,22)/t16-/m0/s1. The Morgan fingerprint density at radius 3 is 2.00 bits per heavy atom. The van der Waals surface area contributed by atoms with Gasteiger partial charge in [0.1, 0.15) is 6.04 Å². The van der Waals surface area contributed by atoms with E-state index in [1.165, 1.54) is 44.9 Å². The monoisotopic (exact) mass is 344 g/mol. The fraction of sp³-hybridized carbons (Fsp3) is 0.889. The number of hydrogen-bond acceptors (Lipinski definition) is 4. The fourth-order valence-electron chi connectivity index (χ4n) is 2.52. The van der Waals surface area contributed by atoms with Crippen LogP contribution in [0.1, 0.15) is 84.0 Å². The Kier molecular flexibility index (Phi) is 15.7. The number of nitrogens with two attached hydrogens (primary N) is 1. The Morgan fingerprint density at radius 1 is 0.958 bits per heavy atom. The number of amides is 1. The number of carboxylic acid groups (broad SMARTS) is 1. The number of nitrogens with one attached hydrogen (secondary N) is 1. The molecule has 0 saturated carbocycles. The van der Waals surface area contributed by atoms with E-state index in [0.29, 0.717) is 26.0 Å². The summed E-state index contributed by atoms with van der Waals surface area (Å²) in [6.45, 7) is 2.97. The van der Waals surface area contributed by atoms with Crippen molar-refractivity contribution in [3.63, 3.8) is 0 Å². The smallest absolute Gasteiger partial charge is 0.407 e. The Labute approximate surface area is 146 Å². The fourth-order valence-corrected chi connectivity index (χ4v) is 2.52. The molecule has 6 nitrogen and oxygen atoms in total. The molecule has 0 aromatic heterocycles. The van der Waals surface area contributed by atoms with E-state index < -0.39 is 18.1 Å². The van der Waals surface area contributed by atoms with Gasteiger partial charge >= 0.3 is 12.1 Å². The topological polar surface area (TPSA) is 102 Å². The van der Waals surface area contributed by atoms with Crippen molar-refractivity contribution in [2.75, 3.05) is 13.2 Å². The molecule has 0 fully saturated rings. The molecular weight excluding hydrogens is 308 g/mol. The van der Waals surface area contributed by atoms with Crippen molar-refractivity contribution in [1.82, 2.24) is 5.32 Å². The summed E-state index contributed by atoms with van der Waals surface area (Å²) in [5.74, 6) is -1.06. The van der Waals surface area contributed by atoms with Crippen LogP contribution in [0.15, 0.2) is 0 Å². The third-order valence-electron chi connectivity index (χ3n) is 4.02. The number of aliphatic carboxylic acids is 1. The second-order valence-corrected chi connectivity index (χ2v) is 6.28. The van der Waals surface area contributed by atoms with Gasteiger partial charge in [0.05, 0.1) is 6.61 Å². The van der Waals surface area contributed by atoms with Gasteiger partial charge in [0.2, 0.25) is 0 Å². The van der Waals surface area contributed by atoms with Crippen molar-refractivity contribution in [2.45, 2.75) is 90.0 Å². The maximum atomic E-state index is 11.6. The lowest BCUT2D eigenvalue weighted by atomic mass is 10.1. The molecule has 24 heavy (non-hydrogen) atoms. The average Bonchev–Trinajstić information content (AvgIpc) is 2.56. The summed E-state index contributed by atoms with van der Waals surface area (Å²) in [6, 6.07) is -0.922. The molecule has 142 valence electrons. The highest BCUT2D eigenvalue weighted by atomic mass is 16.5. The van der Waals surface area contributed by atoms with E-state index in [4.69, 9.17) is 15.6 Å². The van der Waals surface area contributed by atoms with Crippen LogP contribution in [0.25, 0.3) is 0 Å². The number of carboxylic acids is 1. The highest BCUT2D eigenvalue weighted by molar-refractivity contribution is 5.79. The van der Waals surface area contributed by atoms with Gasteiger partial charge in [0, 0.05) is 0 Å². The maximum absolute atomic E-state index is 11.6. The molecule has 0 saturated heterocycles. The predicted octanol–water partition coefficient (Wildman–Crippen LogP) is 3.83.